The molecular formula is C39H39N9O4. The average Bonchev–Trinajstić information content (AvgIpc) is 3.92. The van der Waals surface area contributed by atoms with Crippen molar-refractivity contribution in [1.29, 1.82) is 0 Å². The zero-order chi connectivity index (χ0) is 35.9. The molecule has 1 saturated heterocycles. The molecule has 2 aromatic carbocycles. The Morgan fingerprint density at radius 1 is 0.942 bits per heavy atom. The van der Waals surface area contributed by atoms with Gasteiger partial charge in [-0.25, -0.2) is 14.5 Å². The highest BCUT2D eigenvalue weighted by atomic mass is 16.5. The van der Waals surface area contributed by atoms with Gasteiger partial charge in [-0.05, 0) is 42.5 Å². The van der Waals surface area contributed by atoms with Crippen LogP contribution in [0.25, 0.3) is 33.2 Å². The van der Waals surface area contributed by atoms with Crippen LogP contribution in [0.1, 0.15) is 60.1 Å². The molecule has 0 N–H and O–H groups in total. The van der Waals surface area contributed by atoms with Crippen LogP contribution >= 0.6 is 0 Å². The van der Waals surface area contributed by atoms with Crippen LogP contribution in [0.3, 0.4) is 0 Å². The second-order valence-electron chi connectivity index (χ2n) is 14.0. The van der Waals surface area contributed by atoms with Crippen molar-refractivity contribution in [2.75, 3.05) is 13.1 Å². The first kappa shape index (κ1) is 33.1. The Morgan fingerprint density at radius 3 is 2.50 bits per heavy atom. The van der Waals surface area contributed by atoms with Gasteiger partial charge in [0.05, 0.1) is 29.4 Å². The zero-order valence-electron chi connectivity index (χ0n) is 29.3. The predicted octanol–water partition coefficient (Wildman–Crippen LogP) is 5.07. The standard InChI is InChI=1S/C39H39N9O4/c1-25(2)21-48-36-32(38(50)44(3)39(48)51)17-29(20-40-36)37(49)45-15-13-26(14-16-45)33-19-31(52-42-33)24-46-22-30(41-43-46)23-47-34-12-8-7-11-28(34)18-35(47)27-9-5-4-6-10-27/h4-12,17-20,22,25-26H,13-16,21,23-24H2,1-3H3. The van der Waals surface area contributed by atoms with E-state index in [1.807, 2.05) is 50.4 Å². The molecule has 264 valence electrons. The number of pyridine rings is 1. The van der Waals surface area contributed by atoms with Crippen LogP contribution in [0.2, 0.25) is 0 Å². The van der Waals surface area contributed by atoms with Crippen molar-refractivity contribution in [3.63, 3.8) is 0 Å². The lowest BCUT2D eigenvalue weighted by atomic mass is 9.93. The molecule has 1 amide bonds. The molecule has 6 heterocycles. The Hall–Kier alpha value is -6.11. The molecule has 0 aliphatic carbocycles. The predicted molar refractivity (Wildman–Crippen MR) is 196 cm³/mol. The third-order valence-electron chi connectivity index (χ3n) is 9.85. The number of piperidine rings is 1. The molecule has 0 radical (unpaired) electrons. The van der Waals surface area contributed by atoms with Crippen LogP contribution < -0.4 is 11.2 Å². The molecule has 0 saturated carbocycles. The molecule has 13 nitrogen and oxygen atoms in total. The number of benzene rings is 2. The summed E-state index contributed by atoms with van der Waals surface area (Å²) in [7, 11) is 1.45. The highest BCUT2D eigenvalue weighted by Crippen LogP contribution is 2.30. The molecule has 8 rings (SSSR count). The van der Waals surface area contributed by atoms with Crippen LogP contribution in [0.4, 0.5) is 0 Å². The number of amides is 1. The minimum atomic E-state index is -0.462. The summed E-state index contributed by atoms with van der Waals surface area (Å²) in [6, 6.07) is 24.4. The number of fused-ring (bicyclic) bond motifs is 2. The van der Waals surface area contributed by atoms with Gasteiger partial charge in [-0.15, -0.1) is 5.10 Å². The van der Waals surface area contributed by atoms with Crippen molar-refractivity contribution >= 4 is 27.8 Å². The second-order valence-corrected chi connectivity index (χ2v) is 14.0. The second kappa shape index (κ2) is 13.5. The van der Waals surface area contributed by atoms with Gasteiger partial charge in [0.1, 0.15) is 17.9 Å². The number of likely N-dealkylation sites (tertiary alicyclic amines) is 1. The molecule has 1 aliphatic heterocycles. The van der Waals surface area contributed by atoms with Crippen molar-refractivity contribution in [2.45, 2.75) is 52.2 Å². The monoisotopic (exact) mass is 697 g/mol. The van der Waals surface area contributed by atoms with E-state index in [2.05, 4.69) is 61.4 Å². The summed E-state index contributed by atoms with van der Waals surface area (Å²) in [5.41, 5.74) is 4.84. The van der Waals surface area contributed by atoms with Crippen molar-refractivity contribution < 1.29 is 9.32 Å². The van der Waals surface area contributed by atoms with Gasteiger partial charge in [-0.2, -0.15) is 0 Å². The minimum Gasteiger partial charge on any atom is -0.359 e. The Bertz CT molecular complexity index is 2530. The summed E-state index contributed by atoms with van der Waals surface area (Å²) in [5.74, 6) is 0.804. The van der Waals surface area contributed by atoms with E-state index in [0.717, 1.165) is 45.6 Å². The fraction of sp³-hybridized carbons (Fsp3) is 0.308. The maximum absolute atomic E-state index is 13.5. The molecule has 1 aliphatic rings. The Morgan fingerprint density at radius 2 is 1.71 bits per heavy atom. The van der Waals surface area contributed by atoms with E-state index in [4.69, 9.17) is 4.52 Å². The van der Waals surface area contributed by atoms with Crippen LogP contribution in [0.15, 0.2) is 99.3 Å². The number of rotatable bonds is 9. The molecule has 1 fully saturated rings. The van der Waals surface area contributed by atoms with Gasteiger partial charge in [-0.3, -0.25) is 18.7 Å². The topological polar surface area (TPSA) is 139 Å². The van der Waals surface area contributed by atoms with Crippen molar-refractivity contribution in [3.05, 3.63) is 129 Å². The number of carbonyl (C=O) groups excluding carboxylic acids is 1. The highest BCUT2D eigenvalue weighted by Gasteiger charge is 2.28. The van der Waals surface area contributed by atoms with E-state index in [-0.39, 0.29) is 23.1 Å². The molecule has 13 heteroatoms. The first-order chi connectivity index (χ1) is 25.2. The van der Waals surface area contributed by atoms with E-state index in [9.17, 15) is 14.4 Å². The Kier molecular flexibility index (Phi) is 8.61. The zero-order valence-corrected chi connectivity index (χ0v) is 29.3. The summed E-state index contributed by atoms with van der Waals surface area (Å²) >= 11 is 0. The van der Waals surface area contributed by atoms with Gasteiger partial charge in [0.2, 0.25) is 0 Å². The minimum absolute atomic E-state index is 0.138. The first-order valence-corrected chi connectivity index (χ1v) is 17.6. The van der Waals surface area contributed by atoms with Crippen molar-refractivity contribution in [1.82, 2.24) is 43.7 Å². The maximum atomic E-state index is 13.5. The molecule has 5 aromatic heterocycles. The van der Waals surface area contributed by atoms with Gasteiger partial charge >= 0.3 is 5.69 Å². The summed E-state index contributed by atoms with van der Waals surface area (Å²) in [6.07, 6.45) is 4.85. The Labute approximate surface area is 298 Å². The fourth-order valence-electron chi connectivity index (χ4n) is 7.21. The quantitative estimate of drug-likeness (QED) is 0.204. The third kappa shape index (κ3) is 6.22. The summed E-state index contributed by atoms with van der Waals surface area (Å²) < 4.78 is 12.3. The summed E-state index contributed by atoms with van der Waals surface area (Å²) in [6.45, 7) is 6.43. The van der Waals surface area contributed by atoms with E-state index in [1.165, 1.54) is 23.2 Å². The van der Waals surface area contributed by atoms with Crippen molar-refractivity contribution in [3.8, 4) is 11.3 Å². The smallest absolute Gasteiger partial charge is 0.332 e. The van der Waals surface area contributed by atoms with Crippen molar-refractivity contribution in [2.24, 2.45) is 13.0 Å². The molecule has 0 bridgehead atoms. The summed E-state index contributed by atoms with van der Waals surface area (Å²) in [5, 5.41) is 14.7. The van der Waals surface area contributed by atoms with Gasteiger partial charge in [0.25, 0.3) is 11.5 Å². The molecule has 52 heavy (non-hydrogen) atoms. The average molecular weight is 698 g/mol. The maximum Gasteiger partial charge on any atom is 0.332 e. The normalized spacial score (nSPS) is 13.9. The highest BCUT2D eigenvalue weighted by molar-refractivity contribution is 5.96. The fourth-order valence-corrected chi connectivity index (χ4v) is 7.21. The lowest BCUT2D eigenvalue weighted by Gasteiger charge is -2.31. The van der Waals surface area contributed by atoms with Gasteiger partial charge in [0, 0.05) is 61.5 Å². The molecule has 0 spiro atoms. The number of carbonyl (C=O) groups is 1. The number of hydrogen-bond donors (Lipinski definition) is 0. The van der Waals surface area contributed by atoms with Crippen LogP contribution in [-0.4, -0.2) is 62.7 Å². The SMILES string of the molecule is CC(C)Cn1c(=O)n(C)c(=O)c2cc(C(=O)N3CCC(c4cc(Cn5cc(Cn6c(-c7ccccc7)cc7ccccc76)nn5)on4)CC3)cnc21. The molecule has 0 atom stereocenters. The number of para-hydroxylation sites is 1. The van der Waals surface area contributed by atoms with Gasteiger partial charge in [-0.1, -0.05) is 72.7 Å². The molecule has 7 aromatic rings. The largest absolute Gasteiger partial charge is 0.359 e. The van der Waals surface area contributed by atoms with Crippen LogP contribution in [0, 0.1) is 5.92 Å². The lowest BCUT2D eigenvalue weighted by Crippen LogP contribution is -2.40. The van der Waals surface area contributed by atoms with E-state index >= 15 is 0 Å². The number of aromatic nitrogens is 8. The van der Waals surface area contributed by atoms with E-state index in [0.29, 0.717) is 49.7 Å². The molecular weight excluding hydrogens is 658 g/mol. The number of hydrogen-bond acceptors (Lipinski definition) is 8. The lowest BCUT2D eigenvalue weighted by molar-refractivity contribution is 0.0711. The van der Waals surface area contributed by atoms with Crippen LogP contribution in [-0.2, 0) is 26.7 Å². The van der Waals surface area contributed by atoms with E-state index in [1.54, 1.807) is 15.6 Å². The third-order valence-corrected chi connectivity index (χ3v) is 9.85. The number of nitrogens with zero attached hydrogens (tertiary/aromatic N) is 9. The van der Waals surface area contributed by atoms with Crippen LogP contribution in [0.5, 0.6) is 0 Å². The first-order valence-electron chi connectivity index (χ1n) is 17.6. The molecule has 0 unspecified atom stereocenters. The van der Waals surface area contributed by atoms with Gasteiger partial charge < -0.3 is 14.0 Å². The Balaban J connectivity index is 0.921. The van der Waals surface area contributed by atoms with E-state index < -0.39 is 11.2 Å². The van der Waals surface area contributed by atoms with Gasteiger partial charge in [0.15, 0.2) is 5.76 Å². The summed E-state index contributed by atoms with van der Waals surface area (Å²) in [4.78, 5) is 45.5.